The molecule has 3 nitrogen and oxygen atoms in total. The van der Waals surface area contributed by atoms with Crippen LogP contribution >= 0.6 is 0 Å². The summed E-state index contributed by atoms with van der Waals surface area (Å²) in [6, 6.07) is 0.755. The summed E-state index contributed by atoms with van der Waals surface area (Å²) in [5, 5.41) is 3.86. The Kier molecular flexibility index (Phi) is 4.16. The van der Waals surface area contributed by atoms with Crippen LogP contribution in [0.25, 0.3) is 0 Å². The van der Waals surface area contributed by atoms with Gasteiger partial charge in [0.05, 0.1) is 12.7 Å². The van der Waals surface area contributed by atoms with Crippen molar-refractivity contribution in [3.8, 4) is 0 Å². The van der Waals surface area contributed by atoms with E-state index < -0.39 is 0 Å². The fraction of sp³-hybridized carbons (Fsp3) is 1.00. The zero-order valence-corrected chi connectivity index (χ0v) is 12.7. The fourth-order valence-electron chi connectivity index (χ4n) is 4.00. The van der Waals surface area contributed by atoms with E-state index in [0.717, 1.165) is 25.1 Å². The summed E-state index contributed by atoms with van der Waals surface area (Å²) >= 11 is 0. The summed E-state index contributed by atoms with van der Waals surface area (Å²) in [6.45, 7) is 8.77. The van der Waals surface area contributed by atoms with Gasteiger partial charge in [0.25, 0.3) is 0 Å². The SMILES string of the molecule is CC(C)OCCN1CC(C2CC2)NCC12CCCC2. The zero-order valence-electron chi connectivity index (χ0n) is 12.7. The number of nitrogens with one attached hydrogen (secondary N) is 1. The standard InChI is InChI=1S/C16H30N2O/c1-13(2)19-10-9-18-11-15(14-5-6-14)17-12-16(18)7-3-4-8-16/h13-15,17H,3-12H2,1-2H3. The molecular formula is C16H30N2O. The first kappa shape index (κ1) is 13.8. The van der Waals surface area contributed by atoms with E-state index in [0.29, 0.717) is 11.6 Å². The van der Waals surface area contributed by atoms with Crippen LogP contribution in [0.4, 0.5) is 0 Å². The minimum atomic E-state index is 0.363. The molecule has 2 aliphatic carbocycles. The molecule has 0 bridgehead atoms. The molecule has 19 heavy (non-hydrogen) atoms. The molecule has 1 unspecified atom stereocenters. The number of nitrogens with zero attached hydrogens (tertiary/aromatic N) is 1. The van der Waals surface area contributed by atoms with Crippen molar-refractivity contribution >= 4 is 0 Å². The minimum Gasteiger partial charge on any atom is -0.377 e. The van der Waals surface area contributed by atoms with E-state index in [-0.39, 0.29) is 0 Å². The van der Waals surface area contributed by atoms with Crippen LogP contribution in [-0.4, -0.2) is 48.8 Å². The third-order valence-electron chi connectivity index (χ3n) is 5.32. The largest absolute Gasteiger partial charge is 0.377 e. The first-order valence-corrected chi connectivity index (χ1v) is 8.30. The quantitative estimate of drug-likeness (QED) is 0.827. The summed E-state index contributed by atoms with van der Waals surface area (Å²) in [5.74, 6) is 0.965. The average molecular weight is 266 g/mol. The van der Waals surface area contributed by atoms with Crippen LogP contribution in [0.5, 0.6) is 0 Å². The molecule has 1 heterocycles. The zero-order chi connectivity index (χ0) is 13.3. The van der Waals surface area contributed by atoms with Crippen LogP contribution in [-0.2, 0) is 4.74 Å². The highest BCUT2D eigenvalue weighted by Crippen LogP contribution is 2.40. The van der Waals surface area contributed by atoms with Crippen molar-refractivity contribution in [3.05, 3.63) is 0 Å². The van der Waals surface area contributed by atoms with Gasteiger partial charge in [-0.2, -0.15) is 0 Å². The lowest BCUT2D eigenvalue weighted by molar-refractivity contribution is -0.00350. The molecule has 1 spiro atoms. The van der Waals surface area contributed by atoms with Gasteiger partial charge < -0.3 is 10.1 Å². The molecule has 0 aromatic carbocycles. The van der Waals surface area contributed by atoms with Crippen molar-refractivity contribution in [1.82, 2.24) is 10.2 Å². The van der Waals surface area contributed by atoms with Crippen molar-refractivity contribution in [1.29, 1.82) is 0 Å². The van der Waals surface area contributed by atoms with Crippen molar-refractivity contribution < 1.29 is 4.74 Å². The Labute approximate surface area is 118 Å². The Morgan fingerprint density at radius 2 is 2.00 bits per heavy atom. The number of hydrogen-bond donors (Lipinski definition) is 1. The lowest BCUT2D eigenvalue weighted by Crippen LogP contribution is -2.64. The first-order valence-electron chi connectivity index (χ1n) is 8.30. The monoisotopic (exact) mass is 266 g/mol. The van der Waals surface area contributed by atoms with E-state index in [1.54, 1.807) is 0 Å². The van der Waals surface area contributed by atoms with Crippen molar-refractivity contribution in [2.24, 2.45) is 5.92 Å². The molecule has 3 aliphatic rings. The second kappa shape index (κ2) is 5.71. The highest BCUT2D eigenvalue weighted by Gasteiger charge is 2.46. The normalized spacial score (nSPS) is 31.4. The Hall–Kier alpha value is -0.120. The van der Waals surface area contributed by atoms with Crippen LogP contribution < -0.4 is 5.32 Å². The number of rotatable bonds is 5. The molecule has 110 valence electrons. The molecule has 3 fully saturated rings. The Bertz CT molecular complexity index is 295. The third kappa shape index (κ3) is 3.14. The topological polar surface area (TPSA) is 24.5 Å². The summed E-state index contributed by atoms with van der Waals surface area (Å²) in [4.78, 5) is 2.78. The lowest BCUT2D eigenvalue weighted by atomic mass is 9.90. The molecule has 0 aromatic rings. The molecule has 3 rings (SSSR count). The van der Waals surface area contributed by atoms with Gasteiger partial charge in [0, 0.05) is 31.2 Å². The lowest BCUT2D eigenvalue weighted by Gasteiger charge is -2.48. The maximum atomic E-state index is 5.80. The van der Waals surface area contributed by atoms with E-state index in [1.165, 1.54) is 51.6 Å². The van der Waals surface area contributed by atoms with Crippen molar-refractivity contribution in [2.75, 3.05) is 26.2 Å². The van der Waals surface area contributed by atoms with Gasteiger partial charge in [0.1, 0.15) is 0 Å². The van der Waals surface area contributed by atoms with Gasteiger partial charge in [-0.05, 0) is 45.4 Å². The number of ether oxygens (including phenoxy) is 1. The van der Waals surface area contributed by atoms with E-state index in [1.807, 2.05) is 0 Å². The van der Waals surface area contributed by atoms with Crippen LogP contribution in [0, 0.1) is 5.92 Å². The Morgan fingerprint density at radius 1 is 1.26 bits per heavy atom. The number of piperazine rings is 1. The summed E-state index contributed by atoms with van der Waals surface area (Å²) in [7, 11) is 0. The molecule has 3 heteroatoms. The predicted molar refractivity (Wildman–Crippen MR) is 78.4 cm³/mol. The van der Waals surface area contributed by atoms with E-state index in [9.17, 15) is 0 Å². The van der Waals surface area contributed by atoms with Crippen LogP contribution in [0.3, 0.4) is 0 Å². The van der Waals surface area contributed by atoms with Gasteiger partial charge in [-0.3, -0.25) is 4.90 Å². The molecule has 0 amide bonds. The molecular weight excluding hydrogens is 236 g/mol. The van der Waals surface area contributed by atoms with Crippen molar-refractivity contribution in [2.45, 2.75) is 70.1 Å². The second-order valence-electron chi connectivity index (χ2n) is 7.12. The molecule has 1 saturated heterocycles. The van der Waals surface area contributed by atoms with Gasteiger partial charge >= 0.3 is 0 Å². The number of hydrogen-bond acceptors (Lipinski definition) is 3. The first-order chi connectivity index (χ1) is 9.20. The summed E-state index contributed by atoms with van der Waals surface area (Å²) in [6.07, 6.45) is 8.86. The summed E-state index contributed by atoms with van der Waals surface area (Å²) < 4.78 is 5.80. The van der Waals surface area contributed by atoms with Crippen LogP contribution in [0.1, 0.15) is 52.4 Å². The van der Waals surface area contributed by atoms with E-state index >= 15 is 0 Å². The van der Waals surface area contributed by atoms with Gasteiger partial charge in [-0.25, -0.2) is 0 Å². The minimum absolute atomic E-state index is 0.363. The fourth-order valence-corrected chi connectivity index (χ4v) is 4.00. The molecule has 0 radical (unpaired) electrons. The van der Waals surface area contributed by atoms with E-state index in [4.69, 9.17) is 4.74 Å². The third-order valence-corrected chi connectivity index (χ3v) is 5.32. The van der Waals surface area contributed by atoms with E-state index in [2.05, 4.69) is 24.1 Å². The Morgan fingerprint density at radius 3 is 2.63 bits per heavy atom. The molecule has 1 N–H and O–H groups in total. The molecule has 2 saturated carbocycles. The second-order valence-corrected chi connectivity index (χ2v) is 7.12. The van der Waals surface area contributed by atoms with Gasteiger partial charge in [0.2, 0.25) is 0 Å². The highest BCUT2D eigenvalue weighted by molar-refractivity contribution is 5.04. The van der Waals surface area contributed by atoms with Crippen molar-refractivity contribution in [3.63, 3.8) is 0 Å². The molecule has 1 aliphatic heterocycles. The maximum Gasteiger partial charge on any atom is 0.0597 e. The van der Waals surface area contributed by atoms with Crippen LogP contribution in [0.15, 0.2) is 0 Å². The highest BCUT2D eigenvalue weighted by atomic mass is 16.5. The smallest absolute Gasteiger partial charge is 0.0597 e. The van der Waals surface area contributed by atoms with Gasteiger partial charge in [-0.15, -0.1) is 0 Å². The van der Waals surface area contributed by atoms with Crippen LogP contribution in [0.2, 0.25) is 0 Å². The molecule has 1 atom stereocenters. The van der Waals surface area contributed by atoms with Gasteiger partial charge in [0.15, 0.2) is 0 Å². The molecule has 0 aromatic heterocycles. The predicted octanol–water partition coefficient (Wildman–Crippen LogP) is 2.41. The summed E-state index contributed by atoms with van der Waals surface area (Å²) in [5.41, 5.74) is 0.464. The average Bonchev–Trinajstić information content (AvgIpc) is 3.12. The maximum absolute atomic E-state index is 5.80. The van der Waals surface area contributed by atoms with Gasteiger partial charge in [-0.1, -0.05) is 12.8 Å². The Balaban J connectivity index is 1.59.